The Morgan fingerprint density at radius 2 is 1.88 bits per heavy atom. The van der Waals surface area contributed by atoms with Crippen molar-refractivity contribution in [1.29, 1.82) is 0 Å². The van der Waals surface area contributed by atoms with Crippen molar-refractivity contribution in [3.05, 3.63) is 29.8 Å². The summed E-state index contributed by atoms with van der Waals surface area (Å²) in [4.78, 5) is 14.6. The SMILES string of the molecule is CCCCOc1ccc([C@H](O)[C@@H](CN2CC[C@@H](F)C2)NC(=O)CCCCCCCOC)cc1. The molecule has 2 rings (SSSR count). The van der Waals surface area contributed by atoms with E-state index in [4.69, 9.17) is 9.47 Å². The van der Waals surface area contributed by atoms with Crippen LogP contribution in [0.15, 0.2) is 24.3 Å². The summed E-state index contributed by atoms with van der Waals surface area (Å²) >= 11 is 0. The second kappa shape index (κ2) is 16.0. The van der Waals surface area contributed by atoms with Crippen LogP contribution in [-0.4, -0.2) is 68.1 Å². The quantitative estimate of drug-likeness (QED) is 0.333. The molecule has 1 aromatic rings. The summed E-state index contributed by atoms with van der Waals surface area (Å²) in [6.45, 7) is 4.99. The van der Waals surface area contributed by atoms with Gasteiger partial charge in [0, 0.05) is 39.8 Å². The lowest BCUT2D eigenvalue weighted by Gasteiger charge is -2.29. The zero-order chi connectivity index (χ0) is 23.9. The van der Waals surface area contributed by atoms with Crippen molar-refractivity contribution in [2.75, 3.05) is 40.0 Å². The number of unbranched alkanes of at least 4 members (excludes halogenated alkanes) is 5. The predicted octanol–water partition coefficient (Wildman–Crippen LogP) is 4.41. The van der Waals surface area contributed by atoms with Crippen molar-refractivity contribution in [3.8, 4) is 5.75 Å². The van der Waals surface area contributed by atoms with Crippen molar-refractivity contribution < 1.29 is 23.8 Å². The van der Waals surface area contributed by atoms with E-state index in [0.717, 1.165) is 62.9 Å². The van der Waals surface area contributed by atoms with Crippen LogP contribution in [0.5, 0.6) is 5.75 Å². The van der Waals surface area contributed by atoms with Crippen LogP contribution in [0, 0.1) is 0 Å². The maximum absolute atomic E-state index is 13.7. The van der Waals surface area contributed by atoms with Crippen LogP contribution in [0.2, 0.25) is 0 Å². The van der Waals surface area contributed by atoms with Gasteiger partial charge in [0.2, 0.25) is 5.91 Å². The lowest BCUT2D eigenvalue weighted by Crippen LogP contribution is -2.46. The van der Waals surface area contributed by atoms with E-state index < -0.39 is 18.3 Å². The van der Waals surface area contributed by atoms with E-state index in [1.54, 1.807) is 7.11 Å². The van der Waals surface area contributed by atoms with E-state index >= 15 is 0 Å². The minimum Gasteiger partial charge on any atom is -0.494 e. The molecule has 33 heavy (non-hydrogen) atoms. The van der Waals surface area contributed by atoms with Gasteiger partial charge >= 0.3 is 0 Å². The van der Waals surface area contributed by atoms with E-state index in [-0.39, 0.29) is 5.91 Å². The molecule has 1 aliphatic heterocycles. The number of nitrogens with one attached hydrogen (secondary N) is 1. The smallest absolute Gasteiger partial charge is 0.220 e. The largest absolute Gasteiger partial charge is 0.494 e. The summed E-state index contributed by atoms with van der Waals surface area (Å²) < 4.78 is 24.4. The van der Waals surface area contributed by atoms with Gasteiger partial charge in [-0.25, -0.2) is 4.39 Å². The number of alkyl halides is 1. The average molecular weight is 467 g/mol. The standard InChI is InChI=1S/C26H43FN2O4/c1-3-4-18-33-23-13-11-21(12-14-23)26(31)24(20-29-16-15-22(27)19-29)28-25(30)10-8-6-5-7-9-17-32-2/h11-14,22,24,26,31H,3-10,15-20H2,1-2H3,(H,28,30)/t22-,24-,26+/m1/s1. The average Bonchev–Trinajstić information content (AvgIpc) is 3.22. The molecule has 1 aliphatic rings. The Hall–Kier alpha value is -1.70. The Morgan fingerprint density at radius 3 is 2.55 bits per heavy atom. The minimum absolute atomic E-state index is 0.0635. The molecule has 3 atom stereocenters. The fourth-order valence-corrected chi connectivity index (χ4v) is 4.12. The normalized spacial score (nSPS) is 18.2. The molecule has 0 bridgehead atoms. The molecule has 1 aromatic carbocycles. The Labute approximate surface area is 198 Å². The number of aliphatic hydroxyl groups excluding tert-OH is 1. The van der Waals surface area contributed by atoms with Gasteiger partial charge in [0.05, 0.1) is 12.6 Å². The number of benzene rings is 1. The molecule has 1 fully saturated rings. The first-order valence-corrected chi connectivity index (χ1v) is 12.6. The summed E-state index contributed by atoms with van der Waals surface area (Å²) in [5.74, 6) is 0.705. The van der Waals surface area contributed by atoms with E-state index in [1.165, 1.54) is 0 Å². The molecule has 0 aromatic heterocycles. The van der Waals surface area contributed by atoms with Gasteiger partial charge in [-0.2, -0.15) is 0 Å². The predicted molar refractivity (Wildman–Crippen MR) is 129 cm³/mol. The first-order valence-electron chi connectivity index (χ1n) is 12.6. The van der Waals surface area contributed by atoms with Crippen LogP contribution in [0.25, 0.3) is 0 Å². The van der Waals surface area contributed by atoms with Crippen LogP contribution in [-0.2, 0) is 9.53 Å². The zero-order valence-corrected chi connectivity index (χ0v) is 20.4. The second-order valence-corrected chi connectivity index (χ2v) is 9.05. The molecule has 0 radical (unpaired) electrons. The third kappa shape index (κ3) is 10.8. The molecule has 6 nitrogen and oxygen atoms in total. The molecule has 1 saturated heterocycles. The Morgan fingerprint density at radius 1 is 1.15 bits per heavy atom. The molecule has 1 amide bonds. The summed E-state index contributed by atoms with van der Waals surface area (Å²) in [6.07, 6.45) is 6.36. The van der Waals surface area contributed by atoms with E-state index in [9.17, 15) is 14.3 Å². The monoisotopic (exact) mass is 466 g/mol. The number of hydrogen-bond acceptors (Lipinski definition) is 5. The summed E-state index contributed by atoms with van der Waals surface area (Å²) in [5.41, 5.74) is 0.720. The third-order valence-electron chi connectivity index (χ3n) is 6.14. The van der Waals surface area contributed by atoms with Gasteiger partial charge in [0.15, 0.2) is 0 Å². The van der Waals surface area contributed by atoms with Gasteiger partial charge in [-0.3, -0.25) is 9.69 Å². The highest BCUT2D eigenvalue weighted by Crippen LogP contribution is 2.23. The zero-order valence-electron chi connectivity index (χ0n) is 20.4. The molecule has 1 heterocycles. The molecule has 188 valence electrons. The van der Waals surface area contributed by atoms with Gasteiger partial charge in [0.1, 0.15) is 18.0 Å². The summed E-state index contributed by atoms with van der Waals surface area (Å²) in [7, 11) is 1.71. The number of rotatable bonds is 17. The molecular formula is C26H43FN2O4. The second-order valence-electron chi connectivity index (χ2n) is 9.05. The van der Waals surface area contributed by atoms with Crippen molar-refractivity contribution in [3.63, 3.8) is 0 Å². The number of carbonyl (C=O) groups is 1. The Bertz CT molecular complexity index is 658. The Kier molecular flexibility index (Phi) is 13.4. The molecule has 0 spiro atoms. The maximum Gasteiger partial charge on any atom is 0.220 e. The van der Waals surface area contributed by atoms with Crippen LogP contribution in [0.1, 0.15) is 76.4 Å². The van der Waals surface area contributed by atoms with Gasteiger partial charge in [-0.1, -0.05) is 44.7 Å². The number of likely N-dealkylation sites (tertiary alicyclic amines) is 1. The first-order chi connectivity index (χ1) is 16.0. The first kappa shape index (κ1) is 27.5. The van der Waals surface area contributed by atoms with Crippen molar-refractivity contribution in [1.82, 2.24) is 10.2 Å². The number of aliphatic hydroxyl groups is 1. The number of nitrogens with zero attached hydrogens (tertiary/aromatic N) is 1. The number of halogens is 1. The minimum atomic E-state index is -0.869. The van der Waals surface area contributed by atoms with Crippen molar-refractivity contribution >= 4 is 5.91 Å². The van der Waals surface area contributed by atoms with Gasteiger partial charge in [0.25, 0.3) is 0 Å². The van der Waals surface area contributed by atoms with Crippen LogP contribution >= 0.6 is 0 Å². The van der Waals surface area contributed by atoms with E-state index in [1.807, 2.05) is 29.2 Å². The molecule has 7 heteroatoms. The molecule has 0 aliphatic carbocycles. The van der Waals surface area contributed by atoms with Crippen molar-refractivity contribution in [2.45, 2.75) is 83.0 Å². The third-order valence-corrected chi connectivity index (χ3v) is 6.14. The fraction of sp³-hybridized carbons (Fsp3) is 0.731. The number of hydrogen-bond donors (Lipinski definition) is 2. The van der Waals surface area contributed by atoms with Crippen molar-refractivity contribution in [2.24, 2.45) is 0 Å². The molecule has 0 saturated carbocycles. The van der Waals surface area contributed by atoms with Gasteiger partial charge in [-0.15, -0.1) is 0 Å². The van der Waals surface area contributed by atoms with Crippen LogP contribution in [0.4, 0.5) is 4.39 Å². The molecule has 0 unspecified atom stereocenters. The van der Waals surface area contributed by atoms with E-state index in [0.29, 0.717) is 39.1 Å². The summed E-state index contributed by atoms with van der Waals surface area (Å²) in [5, 5.41) is 14.1. The number of amides is 1. The lowest BCUT2D eigenvalue weighted by molar-refractivity contribution is -0.123. The maximum atomic E-state index is 13.7. The highest BCUT2D eigenvalue weighted by molar-refractivity contribution is 5.76. The van der Waals surface area contributed by atoms with Gasteiger partial charge in [-0.05, 0) is 43.4 Å². The van der Waals surface area contributed by atoms with Crippen LogP contribution < -0.4 is 10.1 Å². The highest BCUT2D eigenvalue weighted by Gasteiger charge is 2.29. The highest BCUT2D eigenvalue weighted by atomic mass is 19.1. The summed E-state index contributed by atoms with van der Waals surface area (Å²) in [6, 6.07) is 6.89. The van der Waals surface area contributed by atoms with Gasteiger partial charge < -0.3 is 19.9 Å². The van der Waals surface area contributed by atoms with Crippen LogP contribution in [0.3, 0.4) is 0 Å². The molecule has 2 N–H and O–H groups in total. The topological polar surface area (TPSA) is 71.0 Å². The number of methoxy groups -OCH3 is 1. The molecular weight excluding hydrogens is 423 g/mol. The van der Waals surface area contributed by atoms with E-state index in [2.05, 4.69) is 12.2 Å². The Balaban J connectivity index is 1.89. The number of carbonyl (C=O) groups excluding carboxylic acids is 1. The fourth-order valence-electron chi connectivity index (χ4n) is 4.12. The lowest BCUT2D eigenvalue weighted by atomic mass is 10.0. The number of ether oxygens (including phenoxy) is 2.